The number of methoxy groups -OCH3 is 1. The highest BCUT2D eigenvalue weighted by molar-refractivity contribution is 6.32. The molecule has 0 bridgehead atoms. The number of benzene rings is 1. The predicted octanol–water partition coefficient (Wildman–Crippen LogP) is 0.232. The molecule has 0 radical (unpaired) electrons. The van der Waals surface area contributed by atoms with Crippen LogP contribution in [0.5, 0.6) is 5.75 Å². The Bertz CT molecular complexity index is 252. The van der Waals surface area contributed by atoms with Crippen LogP contribution in [0, 0.1) is 11.6 Å². The van der Waals surface area contributed by atoms with Gasteiger partial charge in [0.15, 0.2) is 0 Å². The fraction of sp³-hybridized carbons (Fsp3) is 0.143. The maximum atomic E-state index is 12.7. The van der Waals surface area contributed by atoms with Crippen LogP contribution >= 0.6 is 0 Å². The first-order valence-electron chi connectivity index (χ1n) is 3.15. The highest BCUT2D eigenvalue weighted by Crippen LogP contribution is 2.11. The molecule has 0 saturated heterocycles. The Kier molecular flexibility index (Phi) is 2.12. The number of hydrogen-bond donors (Lipinski definition) is 0. The van der Waals surface area contributed by atoms with Gasteiger partial charge in [0.25, 0.3) is 0 Å². The molecule has 1 aromatic rings. The van der Waals surface area contributed by atoms with E-state index in [-0.39, 0.29) is 11.2 Å². The molecule has 1 rings (SSSR count). The zero-order valence-electron chi connectivity index (χ0n) is 6.32. The van der Waals surface area contributed by atoms with E-state index in [1.165, 1.54) is 15.0 Å². The van der Waals surface area contributed by atoms with Gasteiger partial charge in [-0.1, -0.05) is 0 Å². The van der Waals surface area contributed by atoms with Gasteiger partial charge in [-0.3, -0.25) is 0 Å². The molecule has 0 saturated carbocycles. The first-order valence-corrected chi connectivity index (χ1v) is 3.15. The fourth-order valence-corrected chi connectivity index (χ4v) is 0.740. The Morgan fingerprint density at radius 1 is 1.27 bits per heavy atom. The molecule has 58 valence electrons. The average Bonchev–Trinajstić information content (AvgIpc) is 1.99. The molecular weight excluding hydrogens is 149 g/mol. The van der Waals surface area contributed by atoms with Crippen LogP contribution in [0.4, 0.5) is 8.78 Å². The van der Waals surface area contributed by atoms with Crippen LogP contribution in [0.1, 0.15) is 0 Å². The van der Waals surface area contributed by atoms with Gasteiger partial charge in [-0.25, -0.2) is 8.78 Å². The highest BCUT2D eigenvalue weighted by Gasteiger charge is 2.05. The van der Waals surface area contributed by atoms with Gasteiger partial charge in [0.2, 0.25) is 0 Å². The molecule has 1 aromatic carbocycles. The first-order chi connectivity index (χ1) is 5.15. The molecule has 11 heavy (non-hydrogen) atoms. The minimum absolute atomic E-state index is 0.0193. The summed E-state index contributed by atoms with van der Waals surface area (Å²) in [6, 6.07) is 2.30. The summed E-state index contributed by atoms with van der Waals surface area (Å²) in [5.74, 6) is -0.964. The van der Waals surface area contributed by atoms with Crippen LogP contribution in [-0.4, -0.2) is 15.0 Å². The third-order valence-corrected chi connectivity index (χ3v) is 1.49. The lowest BCUT2D eigenvalue weighted by atomic mass is 9.95. The average molecular weight is 156 g/mol. The van der Waals surface area contributed by atoms with E-state index in [9.17, 15) is 8.78 Å². The predicted molar refractivity (Wildman–Crippen MR) is 41.1 cm³/mol. The lowest BCUT2D eigenvalue weighted by Crippen LogP contribution is -2.13. The third kappa shape index (κ3) is 1.50. The number of hydrogen-bond acceptors (Lipinski definition) is 1. The summed E-state index contributed by atoms with van der Waals surface area (Å²) in [5.41, 5.74) is 0.0193. The maximum absolute atomic E-state index is 12.7. The third-order valence-electron chi connectivity index (χ3n) is 1.49. The SMILES string of the molecule is Bc1c(F)cc(OC)cc1F. The van der Waals surface area contributed by atoms with Gasteiger partial charge in [0.05, 0.1) is 7.11 Å². The normalized spacial score (nSPS) is 9.73. The second-order valence-corrected chi connectivity index (χ2v) is 2.22. The van der Waals surface area contributed by atoms with E-state index >= 15 is 0 Å². The molecule has 0 unspecified atom stereocenters. The Morgan fingerprint density at radius 2 is 1.73 bits per heavy atom. The van der Waals surface area contributed by atoms with Crippen molar-refractivity contribution >= 4 is 13.3 Å². The quantitative estimate of drug-likeness (QED) is 0.529. The Balaban J connectivity index is 3.21. The van der Waals surface area contributed by atoms with E-state index in [0.717, 1.165) is 12.1 Å². The number of ether oxygens (including phenoxy) is 1. The van der Waals surface area contributed by atoms with Crippen molar-refractivity contribution in [2.45, 2.75) is 0 Å². The van der Waals surface area contributed by atoms with Crippen LogP contribution in [0.2, 0.25) is 0 Å². The summed E-state index contributed by atoms with van der Waals surface area (Å²) in [7, 11) is 2.74. The van der Waals surface area contributed by atoms with Gasteiger partial charge in [0, 0.05) is 12.1 Å². The van der Waals surface area contributed by atoms with Crippen molar-refractivity contribution in [3.05, 3.63) is 23.8 Å². The maximum Gasteiger partial charge on any atom is 0.147 e. The van der Waals surface area contributed by atoms with Crippen molar-refractivity contribution in [3.63, 3.8) is 0 Å². The van der Waals surface area contributed by atoms with E-state index in [1.807, 2.05) is 0 Å². The number of halogens is 2. The zero-order chi connectivity index (χ0) is 8.43. The van der Waals surface area contributed by atoms with Crippen LogP contribution in [0.3, 0.4) is 0 Å². The van der Waals surface area contributed by atoms with Crippen molar-refractivity contribution in [1.82, 2.24) is 0 Å². The zero-order valence-corrected chi connectivity index (χ0v) is 6.32. The highest BCUT2D eigenvalue weighted by atomic mass is 19.1. The largest absolute Gasteiger partial charge is 0.497 e. The summed E-state index contributed by atoms with van der Waals surface area (Å²) in [6.07, 6.45) is 0. The molecular formula is C7H7BF2O. The van der Waals surface area contributed by atoms with Crippen LogP contribution in [-0.2, 0) is 0 Å². The second-order valence-electron chi connectivity index (χ2n) is 2.22. The minimum Gasteiger partial charge on any atom is -0.497 e. The smallest absolute Gasteiger partial charge is 0.147 e. The first kappa shape index (κ1) is 8.05. The Hall–Kier alpha value is -1.06. The van der Waals surface area contributed by atoms with Gasteiger partial charge in [0.1, 0.15) is 25.2 Å². The van der Waals surface area contributed by atoms with Crippen molar-refractivity contribution < 1.29 is 13.5 Å². The molecule has 0 aliphatic rings. The standard InChI is InChI=1S/C7H7BF2O/c1-11-4-2-5(9)7(8)6(10)3-4/h2-3H,8H2,1H3. The van der Waals surface area contributed by atoms with Crippen LogP contribution in [0.15, 0.2) is 12.1 Å². The summed E-state index contributed by atoms with van der Waals surface area (Å²) in [5, 5.41) is 0. The molecule has 0 N–H and O–H groups in total. The molecule has 1 nitrogen and oxygen atoms in total. The molecule has 0 amide bonds. The Morgan fingerprint density at radius 3 is 2.09 bits per heavy atom. The summed E-state index contributed by atoms with van der Waals surface area (Å²) < 4.78 is 30.1. The topological polar surface area (TPSA) is 9.23 Å². The lowest BCUT2D eigenvalue weighted by molar-refractivity contribution is 0.407. The van der Waals surface area contributed by atoms with E-state index in [2.05, 4.69) is 4.74 Å². The summed E-state index contributed by atoms with van der Waals surface area (Å²) in [6.45, 7) is 0. The summed E-state index contributed by atoms with van der Waals surface area (Å²) >= 11 is 0. The second kappa shape index (κ2) is 2.90. The lowest BCUT2D eigenvalue weighted by Gasteiger charge is -2.02. The number of rotatable bonds is 1. The monoisotopic (exact) mass is 156 g/mol. The van der Waals surface area contributed by atoms with E-state index in [1.54, 1.807) is 0 Å². The van der Waals surface area contributed by atoms with Gasteiger partial charge >= 0.3 is 0 Å². The molecule has 0 spiro atoms. The molecule has 0 aliphatic carbocycles. The molecule has 0 fully saturated rings. The van der Waals surface area contributed by atoms with Crippen LogP contribution < -0.4 is 10.2 Å². The summed E-state index contributed by atoms with van der Waals surface area (Å²) in [4.78, 5) is 0. The van der Waals surface area contributed by atoms with E-state index in [4.69, 9.17) is 0 Å². The van der Waals surface area contributed by atoms with Gasteiger partial charge in [-0.05, 0) is 5.46 Å². The van der Waals surface area contributed by atoms with Crippen LogP contribution in [0.25, 0.3) is 0 Å². The molecule has 0 atom stereocenters. The van der Waals surface area contributed by atoms with Crippen molar-refractivity contribution in [3.8, 4) is 5.75 Å². The van der Waals surface area contributed by atoms with Crippen molar-refractivity contribution in [2.75, 3.05) is 7.11 Å². The minimum atomic E-state index is -0.582. The van der Waals surface area contributed by atoms with E-state index in [0.29, 0.717) is 0 Å². The van der Waals surface area contributed by atoms with E-state index < -0.39 is 11.6 Å². The van der Waals surface area contributed by atoms with Gasteiger partial charge < -0.3 is 4.74 Å². The van der Waals surface area contributed by atoms with Crippen molar-refractivity contribution in [1.29, 1.82) is 0 Å². The molecule has 0 aliphatic heterocycles. The Labute approximate surface area is 64.4 Å². The molecule has 4 heteroatoms. The molecule has 0 aromatic heterocycles. The van der Waals surface area contributed by atoms with Crippen molar-refractivity contribution in [2.24, 2.45) is 0 Å². The van der Waals surface area contributed by atoms with Gasteiger partial charge in [-0.2, -0.15) is 0 Å². The molecule has 0 heterocycles. The fourth-order valence-electron chi connectivity index (χ4n) is 0.740. The van der Waals surface area contributed by atoms with Gasteiger partial charge in [-0.15, -0.1) is 0 Å².